The van der Waals surface area contributed by atoms with Crippen LogP contribution < -0.4 is 0 Å². The van der Waals surface area contributed by atoms with Gasteiger partial charge in [0.05, 0.1) is 6.61 Å². The van der Waals surface area contributed by atoms with Crippen molar-refractivity contribution < 1.29 is 55.6 Å². The van der Waals surface area contributed by atoms with Crippen molar-refractivity contribution >= 4 is 11.9 Å². The van der Waals surface area contributed by atoms with Gasteiger partial charge in [0, 0.05) is 52.4 Å². The van der Waals surface area contributed by atoms with E-state index >= 15 is 0 Å². The van der Waals surface area contributed by atoms with Gasteiger partial charge in [-0.15, -0.1) is 0 Å². The molecule has 0 saturated carbocycles. The Hall–Kier alpha value is -2.42. The lowest BCUT2D eigenvalue weighted by Crippen LogP contribution is -2.45. The Kier molecular flexibility index (Phi) is 13.3. The number of carboxylic acids is 2. The number of piperidine rings is 1. The van der Waals surface area contributed by atoms with E-state index in [2.05, 4.69) is 40.1 Å². The molecule has 1 aromatic rings. The Morgan fingerprint density at radius 2 is 1.46 bits per heavy atom. The summed E-state index contributed by atoms with van der Waals surface area (Å²) in [5.74, 6) is -3.99. The molecule has 234 valence electrons. The summed E-state index contributed by atoms with van der Waals surface area (Å²) in [6.07, 6.45) is -5.05. The third-order valence-corrected chi connectivity index (χ3v) is 7.69. The zero-order chi connectivity index (χ0) is 30.7. The molecule has 14 heteroatoms. The molecule has 1 atom stereocenters. The summed E-state index contributed by atoms with van der Waals surface area (Å²) < 4.78 is 74.7. The Bertz CT molecular complexity index is 908. The second kappa shape index (κ2) is 15.7. The molecule has 0 bridgehead atoms. The van der Waals surface area contributed by atoms with Crippen LogP contribution in [0.15, 0.2) is 30.3 Å². The number of halogens is 6. The number of carbonyl (C=O) groups is 2. The molecule has 0 aliphatic carbocycles. The molecule has 0 radical (unpaired) electrons. The normalized spacial score (nSPS) is 21.9. The van der Waals surface area contributed by atoms with Crippen molar-refractivity contribution in [3.8, 4) is 0 Å². The zero-order valence-electron chi connectivity index (χ0n) is 22.9. The highest BCUT2D eigenvalue weighted by molar-refractivity contribution is 5.73. The predicted molar refractivity (Wildman–Crippen MR) is 136 cm³/mol. The molecule has 3 aliphatic rings. The van der Waals surface area contributed by atoms with E-state index in [1.54, 1.807) is 0 Å². The van der Waals surface area contributed by atoms with Gasteiger partial charge in [0.25, 0.3) is 0 Å². The van der Waals surface area contributed by atoms with Crippen LogP contribution >= 0.6 is 0 Å². The minimum atomic E-state index is -5.08. The molecule has 1 aromatic carbocycles. The van der Waals surface area contributed by atoms with E-state index in [1.807, 2.05) is 7.11 Å². The lowest BCUT2D eigenvalue weighted by atomic mass is 9.71. The summed E-state index contributed by atoms with van der Waals surface area (Å²) >= 11 is 0. The number of carboxylic acid groups (broad SMARTS) is 2. The lowest BCUT2D eigenvalue weighted by Gasteiger charge is -2.42. The first-order valence-corrected chi connectivity index (χ1v) is 13.3. The van der Waals surface area contributed by atoms with E-state index in [1.165, 1.54) is 64.0 Å². The Balaban J connectivity index is 0.000000349. The molecular formula is C27H38F6N2O6. The van der Waals surface area contributed by atoms with Crippen molar-refractivity contribution in [1.82, 2.24) is 9.80 Å². The molecule has 4 rings (SSSR count). The van der Waals surface area contributed by atoms with E-state index in [4.69, 9.17) is 29.3 Å². The average Bonchev–Trinajstić information content (AvgIpc) is 3.22. The first-order chi connectivity index (χ1) is 19.2. The number of ether oxygens (including phenoxy) is 2. The number of nitrogens with zero attached hydrogens (tertiary/aromatic N) is 2. The van der Waals surface area contributed by atoms with Crippen LogP contribution in [0.1, 0.15) is 31.2 Å². The summed E-state index contributed by atoms with van der Waals surface area (Å²) in [4.78, 5) is 23.2. The van der Waals surface area contributed by atoms with Crippen molar-refractivity contribution in [3.05, 3.63) is 35.9 Å². The van der Waals surface area contributed by atoms with Crippen LogP contribution in [0.3, 0.4) is 0 Å². The fraction of sp³-hybridized carbons (Fsp3) is 0.704. The summed E-state index contributed by atoms with van der Waals surface area (Å²) in [6.45, 7) is 10.1. The fourth-order valence-electron chi connectivity index (χ4n) is 5.57. The maximum absolute atomic E-state index is 10.6. The van der Waals surface area contributed by atoms with E-state index in [0.29, 0.717) is 11.3 Å². The van der Waals surface area contributed by atoms with Crippen LogP contribution in [-0.4, -0.2) is 104 Å². The molecule has 0 aromatic heterocycles. The van der Waals surface area contributed by atoms with Crippen molar-refractivity contribution in [2.24, 2.45) is 17.3 Å². The summed E-state index contributed by atoms with van der Waals surface area (Å²) in [7, 11) is 1.87. The van der Waals surface area contributed by atoms with Gasteiger partial charge in [-0.25, -0.2) is 9.59 Å². The van der Waals surface area contributed by atoms with Crippen LogP contribution in [0, 0.1) is 17.3 Å². The van der Waals surface area contributed by atoms with Gasteiger partial charge in [0.1, 0.15) is 0 Å². The van der Waals surface area contributed by atoms with E-state index in [-0.39, 0.29) is 0 Å². The largest absolute Gasteiger partial charge is 0.490 e. The van der Waals surface area contributed by atoms with Crippen molar-refractivity contribution in [1.29, 1.82) is 0 Å². The minimum absolute atomic E-state index is 0.467. The SMILES string of the molecule is COCC1CN(CC2CCOCC2)CC12CCN(Cc1ccccc1)CC2.O=C(O)C(F)(F)F.O=C(O)C(F)(F)F. The summed E-state index contributed by atoms with van der Waals surface area (Å²) in [5, 5.41) is 14.2. The Labute approximate surface area is 235 Å². The summed E-state index contributed by atoms with van der Waals surface area (Å²) in [5.41, 5.74) is 1.91. The van der Waals surface area contributed by atoms with Gasteiger partial charge in [0.2, 0.25) is 0 Å². The van der Waals surface area contributed by atoms with Crippen molar-refractivity contribution in [3.63, 3.8) is 0 Å². The maximum atomic E-state index is 10.6. The summed E-state index contributed by atoms with van der Waals surface area (Å²) in [6, 6.07) is 10.9. The van der Waals surface area contributed by atoms with Gasteiger partial charge < -0.3 is 24.6 Å². The molecule has 41 heavy (non-hydrogen) atoms. The van der Waals surface area contributed by atoms with Crippen molar-refractivity contribution in [2.45, 2.75) is 44.6 Å². The number of methoxy groups -OCH3 is 1. The third-order valence-electron chi connectivity index (χ3n) is 7.69. The second-order valence-corrected chi connectivity index (χ2v) is 10.6. The molecule has 1 unspecified atom stereocenters. The minimum Gasteiger partial charge on any atom is -0.475 e. The fourth-order valence-corrected chi connectivity index (χ4v) is 5.57. The number of benzene rings is 1. The number of aliphatic carboxylic acids is 2. The molecule has 2 N–H and O–H groups in total. The van der Waals surface area contributed by atoms with Crippen LogP contribution in [0.2, 0.25) is 0 Å². The quantitative estimate of drug-likeness (QED) is 0.460. The number of rotatable bonds is 6. The van der Waals surface area contributed by atoms with Crippen LogP contribution in [0.25, 0.3) is 0 Å². The molecular weight excluding hydrogens is 562 g/mol. The smallest absolute Gasteiger partial charge is 0.475 e. The van der Waals surface area contributed by atoms with Gasteiger partial charge in [-0.2, -0.15) is 26.3 Å². The van der Waals surface area contributed by atoms with Gasteiger partial charge >= 0.3 is 24.3 Å². The van der Waals surface area contributed by atoms with Crippen LogP contribution in [0.4, 0.5) is 26.3 Å². The molecule has 3 aliphatic heterocycles. The number of hydrogen-bond donors (Lipinski definition) is 2. The molecule has 3 fully saturated rings. The number of alkyl halides is 6. The average molecular weight is 601 g/mol. The molecule has 8 nitrogen and oxygen atoms in total. The lowest BCUT2D eigenvalue weighted by molar-refractivity contribution is -0.193. The molecule has 0 amide bonds. The number of hydrogen-bond acceptors (Lipinski definition) is 6. The molecule has 3 heterocycles. The van der Waals surface area contributed by atoms with E-state index in [0.717, 1.165) is 32.3 Å². The first kappa shape index (κ1) is 34.8. The standard InChI is InChI=1S/C23H36N2O2.2C2HF3O2/c1-26-18-22-17-25(16-21-7-13-27-14-8-21)19-23(22)9-11-24(12-10-23)15-20-5-3-2-4-6-20;2*3-2(4,5)1(6)7/h2-6,21-22H,7-19H2,1H3;2*(H,6,7). The van der Waals surface area contributed by atoms with E-state index < -0.39 is 24.3 Å². The second-order valence-electron chi connectivity index (χ2n) is 10.6. The van der Waals surface area contributed by atoms with Crippen LogP contribution in [-0.2, 0) is 25.6 Å². The predicted octanol–water partition coefficient (Wildman–Crippen LogP) is 4.54. The van der Waals surface area contributed by atoms with Gasteiger partial charge in [-0.05, 0) is 55.7 Å². The maximum Gasteiger partial charge on any atom is 0.490 e. The highest BCUT2D eigenvalue weighted by Gasteiger charge is 2.48. The highest BCUT2D eigenvalue weighted by Crippen LogP contribution is 2.45. The Morgan fingerprint density at radius 3 is 1.93 bits per heavy atom. The molecule has 3 saturated heterocycles. The van der Waals surface area contributed by atoms with Crippen molar-refractivity contribution in [2.75, 3.05) is 59.7 Å². The highest BCUT2D eigenvalue weighted by atomic mass is 19.4. The Morgan fingerprint density at radius 1 is 0.951 bits per heavy atom. The van der Waals surface area contributed by atoms with E-state index in [9.17, 15) is 26.3 Å². The monoisotopic (exact) mass is 600 g/mol. The zero-order valence-corrected chi connectivity index (χ0v) is 22.9. The van der Waals surface area contributed by atoms with Crippen LogP contribution in [0.5, 0.6) is 0 Å². The van der Waals surface area contributed by atoms with Gasteiger partial charge in [-0.3, -0.25) is 4.90 Å². The molecule has 1 spiro atoms. The number of likely N-dealkylation sites (tertiary alicyclic amines) is 2. The topological polar surface area (TPSA) is 99.5 Å². The first-order valence-electron chi connectivity index (χ1n) is 13.3. The van der Waals surface area contributed by atoms with Gasteiger partial charge in [-0.1, -0.05) is 30.3 Å². The third kappa shape index (κ3) is 11.8. The van der Waals surface area contributed by atoms with Gasteiger partial charge in [0.15, 0.2) is 0 Å².